The molecule has 1 saturated heterocycles. The van der Waals surface area contributed by atoms with Crippen LogP contribution in [-0.4, -0.2) is 24.9 Å². The number of amides is 2. The van der Waals surface area contributed by atoms with Crippen LogP contribution in [0.25, 0.3) is 0 Å². The van der Waals surface area contributed by atoms with E-state index in [0.717, 1.165) is 11.8 Å². The summed E-state index contributed by atoms with van der Waals surface area (Å²) in [5.41, 5.74) is 4.06. The first-order valence-corrected chi connectivity index (χ1v) is 12.0. The highest BCUT2D eigenvalue weighted by Crippen LogP contribution is 2.63. The van der Waals surface area contributed by atoms with Gasteiger partial charge in [-0.3, -0.25) is 9.59 Å². The van der Waals surface area contributed by atoms with Crippen LogP contribution in [0.5, 0.6) is 0 Å². The molecule has 6 fully saturated rings. The summed E-state index contributed by atoms with van der Waals surface area (Å²) < 4.78 is 4.75. The predicted octanol–water partition coefficient (Wildman–Crippen LogP) is 4.15. The fourth-order valence-corrected chi connectivity index (χ4v) is 8.43. The second kappa shape index (κ2) is 6.43. The zero-order valence-electron chi connectivity index (χ0n) is 18.2. The lowest BCUT2D eigenvalue weighted by molar-refractivity contribution is -0.123. The van der Waals surface area contributed by atoms with Crippen molar-refractivity contribution in [3.63, 3.8) is 0 Å². The number of hydrogen-bond donors (Lipinski definition) is 0. The van der Waals surface area contributed by atoms with Gasteiger partial charge in [-0.2, -0.15) is 0 Å². The van der Waals surface area contributed by atoms with E-state index < -0.39 is 5.97 Å². The van der Waals surface area contributed by atoms with Gasteiger partial charge in [-0.1, -0.05) is 23.3 Å². The summed E-state index contributed by atoms with van der Waals surface area (Å²) in [4.78, 5) is 40.2. The van der Waals surface area contributed by atoms with Crippen LogP contribution in [0.2, 0.25) is 0 Å². The van der Waals surface area contributed by atoms with Crippen LogP contribution in [0.3, 0.4) is 0 Å². The molecule has 4 atom stereocenters. The number of carbonyl (C=O) groups excluding carboxylic acids is 3. The fraction of sp³-hybridized carbons (Fsp3) is 0.519. The van der Waals surface area contributed by atoms with Crippen LogP contribution in [0.15, 0.2) is 47.6 Å². The average Bonchev–Trinajstić information content (AvgIpc) is 3.42. The van der Waals surface area contributed by atoms with Crippen molar-refractivity contribution in [2.75, 3.05) is 12.0 Å². The van der Waals surface area contributed by atoms with Crippen LogP contribution >= 0.6 is 0 Å². The molecule has 5 heteroatoms. The van der Waals surface area contributed by atoms with Crippen LogP contribution in [0.4, 0.5) is 5.69 Å². The first-order chi connectivity index (χ1) is 15.5. The van der Waals surface area contributed by atoms with Gasteiger partial charge in [0.15, 0.2) is 0 Å². The molecule has 8 rings (SSSR count). The van der Waals surface area contributed by atoms with E-state index in [1.807, 2.05) is 0 Å². The second-order valence-electron chi connectivity index (χ2n) is 10.8. The summed E-state index contributed by atoms with van der Waals surface area (Å²) in [5.74, 6) is 2.25. The molecule has 1 aromatic carbocycles. The monoisotopic (exact) mass is 429 g/mol. The lowest BCUT2D eigenvalue weighted by Gasteiger charge is -2.52. The van der Waals surface area contributed by atoms with Crippen molar-refractivity contribution in [2.24, 2.45) is 47.3 Å². The Balaban J connectivity index is 1.23. The largest absolute Gasteiger partial charge is 0.465 e. The standard InChI is InChI=1S/C27H27NO4/c1-32-27(31)15-2-4-18(5-3-15)28-25(29)23-19-6-7-20(24(23)26(28)30)22(19)21-16-9-13-8-14(11-16)12-17(21)10-13/h2-7,13-14,16-17,19-20,23-24H,8-12H2,1H3/t13?,14?,16?,17?,19-,20-,23+,24+/m1/s1. The highest BCUT2D eigenvalue weighted by Gasteiger charge is 2.63. The van der Waals surface area contributed by atoms with Gasteiger partial charge in [0.1, 0.15) is 0 Å². The van der Waals surface area contributed by atoms with Crippen molar-refractivity contribution in [3.05, 3.63) is 53.1 Å². The van der Waals surface area contributed by atoms with E-state index in [9.17, 15) is 14.4 Å². The number of carbonyl (C=O) groups is 3. The van der Waals surface area contributed by atoms with Crippen molar-refractivity contribution in [3.8, 4) is 0 Å². The van der Waals surface area contributed by atoms with Gasteiger partial charge in [0.2, 0.25) is 11.8 Å². The predicted molar refractivity (Wildman–Crippen MR) is 117 cm³/mol. The molecule has 5 saturated carbocycles. The molecular formula is C27H27NO4. The van der Waals surface area contributed by atoms with Crippen LogP contribution in [0.1, 0.15) is 42.5 Å². The molecule has 0 radical (unpaired) electrons. The molecule has 0 aromatic heterocycles. The van der Waals surface area contributed by atoms with E-state index in [1.165, 1.54) is 49.7 Å². The number of benzene rings is 1. The van der Waals surface area contributed by atoms with Gasteiger partial charge in [0, 0.05) is 11.8 Å². The first kappa shape index (κ1) is 18.8. The number of nitrogens with zero attached hydrogens (tertiary/aromatic N) is 1. The topological polar surface area (TPSA) is 63.7 Å². The van der Waals surface area contributed by atoms with Gasteiger partial charge in [0.25, 0.3) is 0 Å². The number of fused-ring (bicyclic) bond motifs is 5. The molecule has 1 aromatic rings. The molecule has 2 amide bonds. The van der Waals surface area contributed by atoms with E-state index in [4.69, 9.17) is 4.74 Å². The Kier molecular flexibility index (Phi) is 3.79. The van der Waals surface area contributed by atoms with Gasteiger partial charge in [0.05, 0.1) is 30.2 Å². The van der Waals surface area contributed by atoms with Gasteiger partial charge in [-0.15, -0.1) is 0 Å². The molecule has 6 aliphatic carbocycles. The Hall–Kier alpha value is -2.69. The van der Waals surface area contributed by atoms with Crippen molar-refractivity contribution in [1.82, 2.24) is 0 Å². The van der Waals surface area contributed by atoms with Crippen LogP contribution in [-0.2, 0) is 14.3 Å². The van der Waals surface area contributed by atoms with Crippen LogP contribution in [0, 0.1) is 47.3 Å². The Morgan fingerprint density at radius 1 is 0.812 bits per heavy atom. The third-order valence-corrected chi connectivity index (χ3v) is 9.31. The third kappa shape index (κ3) is 2.32. The molecule has 0 N–H and O–H groups in total. The lowest BCUT2D eigenvalue weighted by atomic mass is 9.53. The highest BCUT2D eigenvalue weighted by atomic mass is 16.5. The number of methoxy groups -OCH3 is 1. The molecule has 7 aliphatic rings. The number of rotatable bonds is 2. The van der Waals surface area contributed by atoms with E-state index >= 15 is 0 Å². The normalized spacial score (nSPS) is 40.6. The third-order valence-electron chi connectivity index (χ3n) is 9.31. The van der Waals surface area contributed by atoms with Crippen molar-refractivity contribution < 1.29 is 19.1 Å². The minimum absolute atomic E-state index is 0.0791. The Labute approximate surface area is 187 Å². The number of hydrogen-bond acceptors (Lipinski definition) is 4. The van der Waals surface area contributed by atoms with E-state index in [1.54, 1.807) is 29.8 Å². The van der Waals surface area contributed by atoms with Crippen molar-refractivity contribution in [2.45, 2.75) is 32.1 Å². The maximum absolute atomic E-state index is 13.6. The van der Waals surface area contributed by atoms with E-state index in [0.29, 0.717) is 23.1 Å². The Bertz CT molecular complexity index is 1050. The highest BCUT2D eigenvalue weighted by molar-refractivity contribution is 6.23. The maximum atomic E-state index is 13.6. The number of anilines is 1. The molecule has 0 spiro atoms. The molecule has 5 nitrogen and oxygen atoms in total. The number of ether oxygens (including phenoxy) is 1. The summed E-state index contributed by atoms with van der Waals surface area (Å²) in [6.45, 7) is 0. The SMILES string of the molecule is COC(=O)c1ccc(N2C(=O)[C@@H]3[C@@H](C2=O)[C@@H]2C=C[C@@H]3C2=C2C3CC4CC(C3)CC2C4)cc1. The molecular weight excluding hydrogens is 402 g/mol. The summed E-state index contributed by atoms with van der Waals surface area (Å²) in [6.07, 6.45) is 11.1. The van der Waals surface area contributed by atoms with Crippen LogP contribution < -0.4 is 4.90 Å². The molecule has 6 bridgehead atoms. The minimum Gasteiger partial charge on any atom is -0.465 e. The quantitative estimate of drug-likeness (QED) is 0.403. The number of esters is 1. The lowest BCUT2D eigenvalue weighted by Crippen LogP contribution is -2.41. The molecule has 1 heterocycles. The van der Waals surface area contributed by atoms with Crippen molar-refractivity contribution >= 4 is 23.5 Å². The molecule has 1 aliphatic heterocycles. The Morgan fingerprint density at radius 2 is 1.34 bits per heavy atom. The first-order valence-electron chi connectivity index (χ1n) is 12.0. The second-order valence-corrected chi connectivity index (χ2v) is 10.8. The molecule has 0 unspecified atom stereocenters. The summed E-state index contributed by atoms with van der Waals surface area (Å²) in [6, 6.07) is 6.58. The number of allylic oxidation sites excluding steroid dienone is 4. The van der Waals surface area contributed by atoms with E-state index in [-0.39, 0.29) is 35.5 Å². The molecule has 32 heavy (non-hydrogen) atoms. The Morgan fingerprint density at radius 3 is 1.84 bits per heavy atom. The zero-order chi connectivity index (χ0) is 21.7. The van der Waals surface area contributed by atoms with Gasteiger partial charge in [-0.05, 0) is 80.0 Å². The van der Waals surface area contributed by atoms with Gasteiger partial charge in [-0.25, -0.2) is 9.69 Å². The summed E-state index contributed by atoms with van der Waals surface area (Å²) in [7, 11) is 1.34. The number of imide groups is 1. The summed E-state index contributed by atoms with van der Waals surface area (Å²) >= 11 is 0. The van der Waals surface area contributed by atoms with Crippen molar-refractivity contribution in [1.29, 1.82) is 0 Å². The fourth-order valence-electron chi connectivity index (χ4n) is 8.43. The van der Waals surface area contributed by atoms with Gasteiger partial charge < -0.3 is 4.74 Å². The smallest absolute Gasteiger partial charge is 0.337 e. The van der Waals surface area contributed by atoms with Gasteiger partial charge >= 0.3 is 5.97 Å². The maximum Gasteiger partial charge on any atom is 0.337 e. The zero-order valence-corrected chi connectivity index (χ0v) is 18.2. The molecule has 164 valence electrons. The summed E-state index contributed by atoms with van der Waals surface area (Å²) in [5, 5.41) is 0. The van der Waals surface area contributed by atoms with E-state index in [2.05, 4.69) is 12.2 Å². The average molecular weight is 430 g/mol. The minimum atomic E-state index is -0.429.